The number of ether oxygens (including phenoxy) is 2. The minimum atomic E-state index is 0.640. The number of benzene rings is 1. The topological polar surface area (TPSA) is 18.5 Å². The first-order chi connectivity index (χ1) is 13.1. The minimum absolute atomic E-state index is 0.640. The second kappa shape index (κ2) is 14.3. The van der Waals surface area contributed by atoms with Crippen LogP contribution in [-0.4, -0.2) is 13.2 Å². The van der Waals surface area contributed by atoms with Crippen LogP contribution in [0.2, 0.25) is 0 Å². The van der Waals surface area contributed by atoms with E-state index in [-0.39, 0.29) is 0 Å². The van der Waals surface area contributed by atoms with Gasteiger partial charge in [-0.05, 0) is 64.7 Å². The molecule has 0 spiro atoms. The van der Waals surface area contributed by atoms with E-state index in [0.717, 1.165) is 35.6 Å². The molecule has 0 heterocycles. The fourth-order valence-electron chi connectivity index (χ4n) is 3.31. The van der Waals surface area contributed by atoms with Crippen molar-refractivity contribution in [1.82, 2.24) is 0 Å². The van der Waals surface area contributed by atoms with E-state index in [0.29, 0.717) is 11.8 Å². The first-order valence-corrected chi connectivity index (χ1v) is 12.0. The SMILES string of the molecule is CCCCC(CC)COc1cc(CC)c(OCC(CC)CCCC)cc1Br. The van der Waals surface area contributed by atoms with Crippen molar-refractivity contribution < 1.29 is 9.47 Å². The Balaban J connectivity index is 2.73. The van der Waals surface area contributed by atoms with Crippen molar-refractivity contribution >= 4 is 15.9 Å². The van der Waals surface area contributed by atoms with Gasteiger partial charge in [0.05, 0.1) is 17.7 Å². The van der Waals surface area contributed by atoms with Gasteiger partial charge in [-0.2, -0.15) is 0 Å². The van der Waals surface area contributed by atoms with Gasteiger partial charge in [0.2, 0.25) is 0 Å². The van der Waals surface area contributed by atoms with Crippen LogP contribution in [0.25, 0.3) is 0 Å². The lowest BCUT2D eigenvalue weighted by Gasteiger charge is -2.20. The summed E-state index contributed by atoms with van der Waals surface area (Å²) in [6.45, 7) is 12.8. The Labute approximate surface area is 176 Å². The molecule has 1 aromatic carbocycles. The summed E-state index contributed by atoms with van der Waals surface area (Å²) in [6, 6.07) is 4.27. The molecule has 0 saturated heterocycles. The summed E-state index contributed by atoms with van der Waals surface area (Å²) in [5.41, 5.74) is 1.24. The van der Waals surface area contributed by atoms with E-state index < -0.39 is 0 Å². The van der Waals surface area contributed by atoms with E-state index in [4.69, 9.17) is 9.47 Å². The maximum Gasteiger partial charge on any atom is 0.134 e. The zero-order chi connectivity index (χ0) is 20.1. The Morgan fingerprint density at radius 3 is 1.74 bits per heavy atom. The van der Waals surface area contributed by atoms with Gasteiger partial charge in [-0.25, -0.2) is 0 Å². The van der Waals surface area contributed by atoms with Gasteiger partial charge < -0.3 is 9.47 Å². The van der Waals surface area contributed by atoms with E-state index in [9.17, 15) is 0 Å². The standard InChI is InChI=1S/C24H41BrO2/c1-6-11-13-19(8-3)17-26-23-16-22(25)24(15-21(23)10-5)27-18-20(9-4)14-12-7-2/h15-16,19-20H,6-14,17-18H2,1-5H3. The lowest BCUT2D eigenvalue weighted by molar-refractivity contribution is 0.225. The first kappa shape index (κ1) is 24.3. The third-order valence-electron chi connectivity index (χ3n) is 5.53. The molecular weight excluding hydrogens is 400 g/mol. The van der Waals surface area contributed by atoms with Gasteiger partial charge >= 0.3 is 0 Å². The van der Waals surface area contributed by atoms with Gasteiger partial charge in [-0.15, -0.1) is 0 Å². The van der Waals surface area contributed by atoms with E-state index in [1.165, 1.54) is 56.9 Å². The molecule has 1 aromatic rings. The summed E-state index contributed by atoms with van der Waals surface area (Å²) in [7, 11) is 0. The predicted molar refractivity (Wildman–Crippen MR) is 121 cm³/mol. The number of rotatable bonds is 15. The first-order valence-electron chi connectivity index (χ1n) is 11.2. The maximum atomic E-state index is 6.23. The number of aryl methyl sites for hydroxylation is 1. The van der Waals surface area contributed by atoms with Crippen LogP contribution in [0.15, 0.2) is 16.6 Å². The van der Waals surface area contributed by atoms with E-state index >= 15 is 0 Å². The van der Waals surface area contributed by atoms with Crippen LogP contribution >= 0.6 is 15.9 Å². The van der Waals surface area contributed by atoms with Crippen molar-refractivity contribution in [3.05, 3.63) is 22.2 Å². The predicted octanol–water partition coefficient (Wildman–Crippen LogP) is 8.20. The van der Waals surface area contributed by atoms with Crippen LogP contribution in [0.3, 0.4) is 0 Å². The Hall–Kier alpha value is -0.700. The summed E-state index contributed by atoms with van der Waals surface area (Å²) in [6.07, 6.45) is 10.9. The molecule has 2 nitrogen and oxygen atoms in total. The number of halogens is 1. The quantitative estimate of drug-likeness (QED) is 0.273. The minimum Gasteiger partial charge on any atom is -0.493 e. The molecule has 0 N–H and O–H groups in total. The zero-order valence-corrected chi connectivity index (χ0v) is 19.9. The second-order valence-electron chi connectivity index (χ2n) is 7.70. The molecule has 27 heavy (non-hydrogen) atoms. The van der Waals surface area contributed by atoms with E-state index in [1.54, 1.807) is 0 Å². The van der Waals surface area contributed by atoms with Gasteiger partial charge in [0.15, 0.2) is 0 Å². The summed E-state index contributed by atoms with van der Waals surface area (Å²) < 4.78 is 13.4. The molecule has 0 radical (unpaired) electrons. The lowest BCUT2D eigenvalue weighted by atomic mass is 10.0. The average molecular weight is 441 g/mol. The summed E-state index contributed by atoms with van der Waals surface area (Å²) in [4.78, 5) is 0. The Kier molecular flexibility index (Phi) is 12.9. The molecule has 3 heteroatoms. The molecular formula is C24H41BrO2. The van der Waals surface area contributed by atoms with E-state index in [2.05, 4.69) is 62.7 Å². The molecule has 0 amide bonds. The molecule has 0 saturated carbocycles. The highest BCUT2D eigenvalue weighted by Crippen LogP contribution is 2.34. The fraction of sp³-hybridized carbons (Fsp3) is 0.750. The Bertz CT molecular complexity index is 515. The third kappa shape index (κ3) is 8.89. The van der Waals surface area contributed by atoms with Gasteiger partial charge in [-0.1, -0.05) is 73.1 Å². The summed E-state index contributed by atoms with van der Waals surface area (Å²) in [5, 5.41) is 0. The molecule has 0 aromatic heterocycles. The second-order valence-corrected chi connectivity index (χ2v) is 8.55. The molecule has 0 bridgehead atoms. The highest BCUT2D eigenvalue weighted by Gasteiger charge is 2.14. The Morgan fingerprint density at radius 2 is 1.30 bits per heavy atom. The monoisotopic (exact) mass is 440 g/mol. The molecule has 0 aliphatic heterocycles. The molecule has 1 rings (SSSR count). The zero-order valence-electron chi connectivity index (χ0n) is 18.3. The van der Waals surface area contributed by atoms with Crippen LogP contribution in [0.4, 0.5) is 0 Å². The number of unbranched alkanes of at least 4 members (excludes halogenated alkanes) is 2. The van der Waals surface area contributed by atoms with Gasteiger partial charge in [0.25, 0.3) is 0 Å². The van der Waals surface area contributed by atoms with Gasteiger partial charge in [0, 0.05) is 0 Å². The molecule has 2 atom stereocenters. The molecule has 156 valence electrons. The normalized spacial score (nSPS) is 13.4. The van der Waals surface area contributed by atoms with Crippen LogP contribution in [-0.2, 0) is 6.42 Å². The summed E-state index contributed by atoms with van der Waals surface area (Å²) in [5.74, 6) is 3.24. The van der Waals surface area contributed by atoms with Crippen molar-refractivity contribution in [3.63, 3.8) is 0 Å². The Morgan fingerprint density at radius 1 is 0.778 bits per heavy atom. The smallest absolute Gasteiger partial charge is 0.134 e. The lowest BCUT2D eigenvalue weighted by Crippen LogP contribution is -2.13. The highest BCUT2D eigenvalue weighted by molar-refractivity contribution is 9.10. The van der Waals surface area contributed by atoms with Gasteiger partial charge in [0.1, 0.15) is 11.5 Å². The van der Waals surface area contributed by atoms with Crippen LogP contribution in [0.1, 0.15) is 91.5 Å². The molecule has 0 fully saturated rings. The molecule has 0 aliphatic rings. The van der Waals surface area contributed by atoms with Crippen LogP contribution < -0.4 is 9.47 Å². The third-order valence-corrected chi connectivity index (χ3v) is 6.15. The number of hydrogen-bond acceptors (Lipinski definition) is 2. The van der Waals surface area contributed by atoms with Crippen molar-refractivity contribution in [1.29, 1.82) is 0 Å². The van der Waals surface area contributed by atoms with Gasteiger partial charge in [-0.3, -0.25) is 0 Å². The van der Waals surface area contributed by atoms with Crippen molar-refractivity contribution in [3.8, 4) is 11.5 Å². The maximum absolute atomic E-state index is 6.23. The number of hydrogen-bond donors (Lipinski definition) is 0. The van der Waals surface area contributed by atoms with Crippen LogP contribution in [0, 0.1) is 11.8 Å². The highest BCUT2D eigenvalue weighted by atomic mass is 79.9. The van der Waals surface area contributed by atoms with Crippen molar-refractivity contribution in [2.45, 2.75) is 92.4 Å². The van der Waals surface area contributed by atoms with Crippen LogP contribution in [0.5, 0.6) is 11.5 Å². The molecule has 0 aliphatic carbocycles. The van der Waals surface area contributed by atoms with Crippen molar-refractivity contribution in [2.75, 3.05) is 13.2 Å². The largest absolute Gasteiger partial charge is 0.493 e. The van der Waals surface area contributed by atoms with Crippen molar-refractivity contribution in [2.24, 2.45) is 11.8 Å². The fourth-order valence-corrected chi connectivity index (χ4v) is 3.75. The summed E-state index contributed by atoms with van der Waals surface area (Å²) >= 11 is 3.70. The van der Waals surface area contributed by atoms with E-state index in [1.807, 2.05) is 0 Å². The average Bonchev–Trinajstić information content (AvgIpc) is 2.69. The molecule has 2 unspecified atom stereocenters.